The van der Waals surface area contributed by atoms with Crippen LogP contribution in [0.3, 0.4) is 0 Å². The Hall–Kier alpha value is -2.56. The number of H-pyrrole nitrogens is 1. The van der Waals surface area contributed by atoms with Crippen molar-refractivity contribution in [3.8, 4) is 0 Å². The molecule has 1 fully saturated rings. The second kappa shape index (κ2) is 7.34. The summed E-state index contributed by atoms with van der Waals surface area (Å²) in [5, 5.41) is 0. The van der Waals surface area contributed by atoms with Crippen LogP contribution in [-0.4, -0.2) is 22.5 Å². The zero-order chi connectivity index (χ0) is 16.9. The quantitative estimate of drug-likeness (QED) is 0.938. The van der Waals surface area contributed by atoms with Gasteiger partial charge in [0, 0.05) is 18.3 Å². The first kappa shape index (κ1) is 16.3. The average molecular weight is 326 g/mol. The number of nitrogens with one attached hydrogen (secondary N) is 1. The maximum atomic E-state index is 12.6. The second-order valence-electron chi connectivity index (χ2n) is 6.15. The summed E-state index contributed by atoms with van der Waals surface area (Å²) in [5.74, 6) is 0. The molecule has 2 heterocycles. The molecule has 1 aliphatic rings. The Morgan fingerprint density at radius 3 is 2.75 bits per heavy atom. The molecule has 2 aromatic rings. The molecule has 1 amide bonds. The van der Waals surface area contributed by atoms with Crippen molar-refractivity contribution in [3.05, 3.63) is 69.6 Å². The molecule has 0 saturated carbocycles. The summed E-state index contributed by atoms with van der Waals surface area (Å²) in [6.07, 6.45) is 2.62. The summed E-state index contributed by atoms with van der Waals surface area (Å²) in [6, 6.07) is 13.0. The van der Waals surface area contributed by atoms with E-state index in [1.165, 1.54) is 6.07 Å². The highest BCUT2D eigenvalue weighted by atomic mass is 16.6. The van der Waals surface area contributed by atoms with Gasteiger partial charge in [-0.2, -0.15) is 0 Å². The Balaban J connectivity index is 1.74. The summed E-state index contributed by atoms with van der Waals surface area (Å²) < 4.78 is 5.50. The van der Waals surface area contributed by atoms with E-state index in [0.29, 0.717) is 6.54 Å². The standard InChI is InChI=1S/C19H22N2O3/c1-14-16(10-11-18(22)20-14)17-9-5-6-12-21(17)19(23)24-13-15-7-3-2-4-8-15/h2-4,7-8,10-11,17H,5-6,9,12-13H2,1H3,(H,20,22)/t17-/m0/s1. The SMILES string of the molecule is Cc1[nH]c(=O)ccc1[C@@H]1CCCCN1C(=O)OCc1ccccc1. The Morgan fingerprint density at radius 2 is 2.00 bits per heavy atom. The zero-order valence-corrected chi connectivity index (χ0v) is 13.8. The molecule has 126 valence electrons. The van der Waals surface area contributed by atoms with E-state index < -0.39 is 0 Å². The van der Waals surface area contributed by atoms with E-state index in [1.54, 1.807) is 4.90 Å². The van der Waals surface area contributed by atoms with Crippen molar-refractivity contribution in [2.45, 2.75) is 38.8 Å². The molecule has 1 N–H and O–H groups in total. The van der Waals surface area contributed by atoms with Crippen LogP contribution in [0, 0.1) is 6.92 Å². The van der Waals surface area contributed by atoms with E-state index in [1.807, 2.05) is 43.3 Å². The van der Waals surface area contributed by atoms with Crippen LogP contribution in [0.15, 0.2) is 47.3 Å². The minimum atomic E-state index is -0.297. The molecule has 1 saturated heterocycles. The van der Waals surface area contributed by atoms with Gasteiger partial charge >= 0.3 is 6.09 Å². The van der Waals surface area contributed by atoms with Gasteiger partial charge in [0.25, 0.3) is 0 Å². The number of amides is 1. The lowest BCUT2D eigenvalue weighted by molar-refractivity contribution is 0.0677. The van der Waals surface area contributed by atoms with Gasteiger partial charge in [-0.15, -0.1) is 0 Å². The number of aromatic nitrogens is 1. The highest BCUT2D eigenvalue weighted by Gasteiger charge is 2.30. The third kappa shape index (κ3) is 3.67. The number of nitrogens with zero attached hydrogens (tertiary/aromatic N) is 1. The number of carbonyl (C=O) groups excluding carboxylic acids is 1. The molecule has 1 aliphatic heterocycles. The van der Waals surface area contributed by atoms with Gasteiger partial charge < -0.3 is 14.6 Å². The molecular formula is C19H22N2O3. The first-order valence-electron chi connectivity index (χ1n) is 8.32. The number of likely N-dealkylation sites (tertiary alicyclic amines) is 1. The maximum Gasteiger partial charge on any atom is 0.410 e. The third-order valence-electron chi connectivity index (χ3n) is 4.46. The number of piperidine rings is 1. The number of ether oxygens (including phenoxy) is 1. The number of rotatable bonds is 3. The summed E-state index contributed by atoms with van der Waals surface area (Å²) in [7, 11) is 0. The van der Waals surface area contributed by atoms with E-state index in [9.17, 15) is 9.59 Å². The van der Waals surface area contributed by atoms with Gasteiger partial charge in [0.2, 0.25) is 5.56 Å². The maximum absolute atomic E-state index is 12.6. The molecule has 0 radical (unpaired) electrons. The second-order valence-corrected chi connectivity index (χ2v) is 6.15. The van der Waals surface area contributed by atoms with Crippen molar-refractivity contribution in [1.29, 1.82) is 0 Å². The first-order chi connectivity index (χ1) is 11.6. The average Bonchev–Trinajstić information content (AvgIpc) is 2.61. The number of pyridine rings is 1. The van der Waals surface area contributed by atoms with Crippen molar-refractivity contribution in [2.75, 3.05) is 6.54 Å². The Labute approximate surface area is 141 Å². The van der Waals surface area contributed by atoms with Gasteiger partial charge in [-0.1, -0.05) is 30.3 Å². The Bertz CT molecular complexity index is 755. The van der Waals surface area contributed by atoms with Gasteiger partial charge in [0.05, 0.1) is 6.04 Å². The van der Waals surface area contributed by atoms with Crippen LogP contribution in [0.5, 0.6) is 0 Å². The van der Waals surface area contributed by atoms with Crippen molar-refractivity contribution in [2.24, 2.45) is 0 Å². The van der Waals surface area contributed by atoms with E-state index in [2.05, 4.69) is 4.98 Å². The van der Waals surface area contributed by atoms with E-state index in [0.717, 1.165) is 36.1 Å². The predicted molar refractivity (Wildman–Crippen MR) is 91.7 cm³/mol. The highest BCUT2D eigenvalue weighted by Crippen LogP contribution is 2.32. The van der Waals surface area contributed by atoms with Crippen LogP contribution < -0.4 is 5.56 Å². The molecule has 5 heteroatoms. The van der Waals surface area contributed by atoms with Crippen LogP contribution in [0.4, 0.5) is 4.79 Å². The third-order valence-corrected chi connectivity index (χ3v) is 4.46. The van der Waals surface area contributed by atoms with Gasteiger partial charge in [0.15, 0.2) is 0 Å². The van der Waals surface area contributed by atoms with Crippen LogP contribution in [0.1, 0.15) is 42.1 Å². The number of carbonyl (C=O) groups is 1. The zero-order valence-electron chi connectivity index (χ0n) is 13.8. The first-order valence-corrected chi connectivity index (χ1v) is 8.32. The summed E-state index contributed by atoms with van der Waals surface area (Å²) in [4.78, 5) is 28.6. The van der Waals surface area contributed by atoms with Crippen LogP contribution in [-0.2, 0) is 11.3 Å². The lowest BCUT2D eigenvalue weighted by atomic mass is 9.95. The molecule has 1 aromatic carbocycles. The van der Waals surface area contributed by atoms with E-state index >= 15 is 0 Å². The predicted octanol–water partition coefficient (Wildman–Crippen LogP) is 3.55. The largest absolute Gasteiger partial charge is 0.445 e. The molecule has 0 spiro atoms. The fourth-order valence-corrected chi connectivity index (χ4v) is 3.23. The van der Waals surface area contributed by atoms with Crippen molar-refractivity contribution in [1.82, 2.24) is 9.88 Å². The van der Waals surface area contributed by atoms with Gasteiger partial charge in [-0.25, -0.2) is 4.79 Å². The molecule has 1 atom stereocenters. The summed E-state index contributed by atoms with van der Waals surface area (Å²) in [6.45, 7) is 2.82. The molecular weight excluding hydrogens is 304 g/mol. The van der Waals surface area contributed by atoms with Crippen LogP contribution in [0.2, 0.25) is 0 Å². The van der Waals surface area contributed by atoms with Crippen molar-refractivity contribution < 1.29 is 9.53 Å². The number of hydrogen-bond donors (Lipinski definition) is 1. The number of hydrogen-bond acceptors (Lipinski definition) is 3. The number of aromatic amines is 1. The monoisotopic (exact) mass is 326 g/mol. The molecule has 1 aromatic heterocycles. The van der Waals surface area contributed by atoms with Gasteiger partial charge in [0.1, 0.15) is 6.61 Å². The molecule has 0 unspecified atom stereocenters. The fraction of sp³-hybridized carbons (Fsp3) is 0.368. The van der Waals surface area contributed by atoms with Gasteiger partial charge in [-0.3, -0.25) is 4.79 Å². The lowest BCUT2D eigenvalue weighted by Crippen LogP contribution is -2.39. The van der Waals surface area contributed by atoms with E-state index in [4.69, 9.17) is 4.74 Å². The number of benzene rings is 1. The summed E-state index contributed by atoms with van der Waals surface area (Å²) in [5.41, 5.74) is 2.66. The van der Waals surface area contributed by atoms with Crippen LogP contribution >= 0.6 is 0 Å². The molecule has 3 rings (SSSR count). The Kier molecular flexibility index (Phi) is 4.99. The minimum Gasteiger partial charge on any atom is -0.445 e. The Morgan fingerprint density at radius 1 is 1.21 bits per heavy atom. The normalized spacial score (nSPS) is 17.5. The van der Waals surface area contributed by atoms with Crippen molar-refractivity contribution in [3.63, 3.8) is 0 Å². The topological polar surface area (TPSA) is 62.4 Å². The smallest absolute Gasteiger partial charge is 0.410 e. The molecule has 24 heavy (non-hydrogen) atoms. The van der Waals surface area contributed by atoms with Crippen LogP contribution in [0.25, 0.3) is 0 Å². The molecule has 0 bridgehead atoms. The fourth-order valence-electron chi connectivity index (χ4n) is 3.23. The molecule has 0 aliphatic carbocycles. The van der Waals surface area contributed by atoms with E-state index in [-0.39, 0.29) is 24.3 Å². The number of aryl methyl sites for hydroxylation is 1. The summed E-state index contributed by atoms with van der Waals surface area (Å²) >= 11 is 0. The van der Waals surface area contributed by atoms with Crippen molar-refractivity contribution >= 4 is 6.09 Å². The lowest BCUT2D eigenvalue weighted by Gasteiger charge is -2.35. The molecule has 5 nitrogen and oxygen atoms in total. The highest BCUT2D eigenvalue weighted by molar-refractivity contribution is 5.68. The minimum absolute atomic E-state index is 0.0427. The van der Waals surface area contributed by atoms with Gasteiger partial charge in [-0.05, 0) is 43.4 Å².